The van der Waals surface area contributed by atoms with E-state index in [1.807, 2.05) is 6.92 Å². The molecule has 0 unspecified atom stereocenters. The Kier molecular flexibility index (Phi) is 4.55. The highest BCUT2D eigenvalue weighted by Crippen LogP contribution is 2.43. The van der Waals surface area contributed by atoms with E-state index in [-0.39, 0.29) is 17.0 Å². The summed E-state index contributed by atoms with van der Waals surface area (Å²) in [5.74, 6) is 5.26. The normalized spacial score (nSPS) is 22.7. The minimum atomic E-state index is -0.911. The molecule has 0 radical (unpaired) electrons. The Labute approximate surface area is 155 Å². The van der Waals surface area contributed by atoms with E-state index >= 15 is 0 Å². The average molecular weight is 370 g/mol. The lowest BCUT2D eigenvalue weighted by Gasteiger charge is -2.37. The molecular weight excluding hydrogens is 351 g/mol. The first-order valence-electron chi connectivity index (χ1n) is 8.08. The third-order valence-electron chi connectivity index (χ3n) is 4.74. The second-order valence-corrected chi connectivity index (χ2v) is 7.37. The van der Waals surface area contributed by atoms with Crippen molar-refractivity contribution in [2.24, 2.45) is 16.6 Å². The van der Waals surface area contributed by atoms with Gasteiger partial charge in [0.05, 0.1) is 5.92 Å². The van der Waals surface area contributed by atoms with Gasteiger partial charge in [0.25, 0.3) is 0 Å². The van der Waals surface area contributed by atoms with Crippen LogP contribution in [0, 0.1) is 22.9 Å². The predicted octanol–water partition coefficient (Wildman–Crippen LogP) is 2.96. The fraction of sp³-hybridized carbons (Fsp3) is 0.316. The van der Waals surface area contributed by atoms with Crippen LogP contribution in [0.4, 0.5) is 4.39 Å². The van der Waals surface area contributed by atoms with Crippen molar-refractivity contribution < 1.29 is 9.18 Å². The van der Waals surface area contributed by atoms with E-state index in [0.29, 0.717) is 21.6 Å². The Hall–Kier alpha value is -2.72. The van der Waals surface area contributed by atoms with Crippen LogP contribution in [0.25, 0.3) is 11.1 Å². The highest BCUT2D eigenvalue weighted by Gasteiger charge is 2.44. The van der Waals surface area contributed by atoms with E-state index in [1.165, 1.54) is 4.90 Å². The number of carbonyl (C=O) groups is 1. The number of hydrogen-bond acceptors (Lipinski definition) is 5. The number of carbonyl (C=O) groups excluding carboxylic acids is 1. The molecule has 134 valence electrons. The summed E-state index contributed by atoms with van der Waals surface area (Å²) < 4.78 is 14.7. The molecule has 0 saturated heterocycles. The molecule has 1 aliphatic heterocycles. The average Bonchev–Trinajstić information content (AvgIpc) is 3.01. The molecule has 0 fully saturated rings. The van der Waals surface area contributed by atoms with Crippen molar-refractivity contribution in [3.05, 3.63) is 40.1 Å². The highest BCUT2D eigenvalue weighted by molar-refractivity contribution is 7.11. The summed E-state index contributed by atoms with van der Waals surface area (Å²) in [4.78, 5) is 23.1. The number of nitrogens with two attached hydrogens (primary N) is 1. The molecule has 3 rings (SSSR count). The molecule has 0 saturated carbocycles. The van der Waals surface area contributed by atoms with E-state index in [9.17, 15) is 9.18 Å². The number of thiophene rings is 1. The first-order chi connectivity index (χ1) is 12.3. The van der Waals surface area contributed by atoms with Crippen LogP contribution in [0.1, 0.15) is 31.2 Å². The van der Waals surface area contributed by atoms with E-state index < -0.39 is 11.5 Å². The number of aromatic nitrogens is 1. The smallest absolute Gasteiger partial charge is 0.234 e. The van der Waals surface area contributed by atoms with Crippen LogP contribution in [0.15, 0.2) is 29.5 Å². The van der Waals surface area contributed by atoms with Gasteiger partial charge in [0.15, 0.2) is 11.1 Å². The summed E-state index contributed by atoms with van der Waals surface area (Å²) in [6, 6.07) is 3.52. The van der Waals surface area contributed by atoms with Crippen molar-refractivity contribution in [2.75, 3.05) is 7.05 Å². The molecule has 5 nitrogen and oxygen atoms in total. The number of pyridine rings is 1. The Balaban J connectivity index is 2.09. The van der Waals surface area contributed by atoms with E-state index in [1.54, 1.807) is 45.4 Å². The zero-order valence-electron chi connectivity index (χ0n) is 15.0. The number of aliphatic imine (C=N–C) groups is 1. The van der Waals surface area contributed by atoms with Crippen LogP contribution in [0.5, 0.6) is 0 Å². The molecule has 7 heteroatoms. The number of halogens is 1. The maximum Gasteiger partial charge on any atom is 0.234 e. The molecule has 1 aliphatic rings. The summed E-state index contributed by atoms with van der Waals surface area (Å²) in [5, 5.41) is -0.350. The van der Waals surface area contributed by atoms with Gasteiger partial charge in [-0.05, 0) is 26.0 Å². The lowest BCUT2D eigenvalue weighted by atomic mass is 9.83. The summed E-state index contributed by atoms with van der Waals surface area (Å²) in [7, 11) is 1.59. The molecule has 0 aromatic carbocycles. The van der Waals surface area contributed by atoms with Crippen LogP contribution >= 0.6 is 11.3 Å². The quantitative estimate of drug-likeness (QED) is 0.826. The Morgan fingerprint density at radius 2 is 2.12 bits per heavy atom. The molecule has 2 aromatic rings. The van der Waals surface area contributed by atoms with Crippen LogP contribution in [0.2, 0.25) is 0 Å². The standard InChI is InChI=1S/C19H19FN4OS/c1-5-6-12-7-13(10-22-9-12)14-8-15(26-16(14)20)19(3)11(2)17(25)24(4)18(21)23-19/h7-11H,1-4H3,(H2,21,23)/t11-,19-/m0/s1. The Morgan fingerprint density at radius 3 is 2.81 bits per heavy atom. The topological polar surface area (TPSA) is 71.6 Å². The number of hydrogen-bond donors (Lipinski definition) is 1. The zero-order chi connectivity index (χ0) is 19.1. The maximum absolute atomic E-state index is 14.7. The lowest BCUT2D eigenvalue weighted by molar-refractivity contribution is -0.133. The monoisotopic (exact) mass is 370 g/mol. The van der Waals surface area contributed by atoms with Crippen molar-refractivity contribution in [3.63, 3.8) is 0 Å². The molecule has 0 bridgehead atoms. The summed E-state index contributed by atoms with van der Waals surface area (Å²) >= 11 is 0.979. The fourth-order valence-corrected chi connectivity index (χ4v) is 4.02. The number of amides is 1. The van der Waals surface area contributed by atoms with Gasteiger partial charge in [-0.2, -0.15) is 4.39 Å². The van der Waals surface area contributed by atoms with Gasteiger partial charge >= 0.3 is 0 Å². The Morgan fingerprint density at radius 1 is 1.38 bits per heavy atom. The van der Waals surface area contributed by atoms with E-state index in [2.05, 4.69) is 21.8 Å². The van der Waals surface area contributed by atoms with Crippen LogP contribution < -0.4 is 5.73 Å². The van der Waals surface area contributed by atoms with E-state index in [0.717, 1.165) is 11.3 Å². The van der Waals surface area contributed by atoms with Gasteiger partial charge in [0.2, 0.25) is 5.91 Å². The Bertz CT molecular complexity index is 971. The minimum absolute atomic E-state index is 0.132. The van der Waals surface area contributed by atoms with Gasteiger partial charge in [-0.1, -0.05) is 12.8 Å². The van der Waals surface area contributed by atoms with Crippen molar-refractivity contribution in [2.45, 2.75) is 26.3 Å². The molecular formula is C19H19FN4OS. The van der Waals surface area contributed by atoms with E-state index in [4.69, 9.17) is 5.73 Å². The minimum Gasteiger partial charge on any atom is -0.369 e. The van der Waals surface area contributed by atoms with Crippen molar-refractivity contribution >= 4 is 23.2 Å². The zero-order valence-corrected chi connectivity index (χ0v) is 15.8. The molecule has 1 amide bonds. The van der Waals surface area contributed by atoms with Gasteiger partial charge in [-0.3, -0.25) is 14.7 Å². The second kappa shape index (κ2) is 6.54. The van der Waals surface area contributed by atoms with Crippen molar-refractivity contribution in [1.29, 1.82) is 0 Å². The summed E-state index contributed by atoms with van der Waals surface area (Å²) in [6.45, 7) is 5.32. The molecule has 3 heterocycles. The summed E-state index contributed by atoms with van der Waals surface area (Å²) in [6.07, 6.45) is 3.23. The summed E-state index contributed by atoms with van der Waals surface area (Å²) in [5.41, 5.74) is 6.76. The first kappa shape index (κ1) is 18.1. The molecule has 2 atom stereocenters. The molecule has 0 spiro atoms. The van der Waals surface area contributed by atoms with Crippen LogP contribution in [-0.2, 0) is 10.3 Å². The number of guanidine groups is 1. The molecule has 26 heavy (non-hydrogen) atoms. The van der Waals surface area contributed by atoms with Gasteiger partial charge in [-0.15, -0.1) is 17.3 Å². The van der Waals surface area contributed by atoms with Crippen LogP contribution in [0.3, 0.4) is 0 Å². The van der Waals surface area contributed by atoms with Crippen LogP contribution in [-0.4, -0.2) is 28.8 Å². The molecule has 0 aliphatic carbocycles. The van der Waals surface area contributed by atoms with Gasteiger partial charge in [-0.25, -0.2) is 4.99 Å². The lowest BCUT2D eigenvalue weighted by Crippen LogP contribution is -2.52. The SMILES string of the molecule is CC#Cc1cncc(-c2cc([C@@]3(C)N=C(N)N(C)C(=O)[C@@H]3C)sc2F)c1. The first-order valence-corrected chi connectivity index (χ1v) is 8.90. The van der Waals surface area contributed by atoms with Gasteiger partial charge in [0.1, 0.15) is 5.54 Å². The predicted molar refractivity (Wildman–Crippen MR) is 101 cm³/mol. The maximum atomic E-state index is 14.7. The number of nitrogens with zero attached hydrogens (tertiary/aromatic N) is 3. The second-order valence-electron chi connectivity index (χ2n) is 6.37. The largest absolute Gasteiger partial charge is 0.369 e. The number of rotatable bonds is 2. The third kappa shape index (κ3) is 2.86. The molecule has 2 N–H and O–H groups in total. The van der Waals surface area contributed by atoms with Crippen molar-refractivity contribution in [3.8, 4) is 23.0 Å². The fourth-order valence-electron chi connectivity index (χ4n) is 2.94. The highest BCUT2D eigenvalue weighted by atomic mass is 32.1. The van der Waals surface area contributed by atoms with Crippen molar-refractivity contribution in [1.82, 2.24) is 9.88 Å². The molecule has 2 aromatic heterocycles. The third-order valence-corrected chi connectivity index (χ3v) is 5.89. The van der Waals surface area contributed by atoms with Gasteiger partial charge < -0.3 is 5.73 Å². The van der Waals surface area contributed by atoms with Gasteiger partial charge in [0, 0.05) is 41.0 Å².